The number of likely N-dealkylation sites (N-methyl/N-ethyl adjacent to an activating group) is 1. The van der Waals surface area contributed by atoms with Gasteiger partial charge in [0.1, 0.15) is 19.3 Å². The number of nitrogens with zero attached hydrogens (tertiary/aromatic N) is 1. The van der Waals surface area contributed by atoms with E-state index in [-0.39, 0.29) is 24.9 Å². The van der Waals surface area contributed by atoms with E-state index in [0.29, 0.717) is 17.4 Å². The second-order valence-electron chi connectivity index (χ2n) is 23.9. The fourth-order valence-corrected chi connectivity index (χ4v) is 10.4. The van der Waals surface area contributed by atoms with Crippen molar-refractivity contribution in [3.8, 4) is 0 Å². The van der Waals surface area contributed by atoms with E-state index in [4.69, 9.17) is 13.8 Å². The predicted octanol–water partition coefficient (Wildman–Crippen LogP) is 20.5. The van der Waals surface area contributed by atoms with E-state index < -0.39 is 26.6 Å². The van der Waals surface area contributed by atoms with Gasteiger partial charge in [0.2, 0.25) is 5.91 Å². The van der Waals surface area contributed by atoms with Crippen LogP contribution >= 0.6 is 7.82 Å². The van der Waals surface area contributed by atoms with Gasteiger partial charge < -0.3 is 28.5 Å². The molecular weight excluding hydrogens is 1010 g/mol. The van der Waals surface area contributed by atoms with Gasteiger partial charge in [-0.05, 0) is 96.0 Å². The summed E-state index contributed by atoms with van der Waals surface area (Å²) >= 11 is 0. The first-order valence-corrected chi connectivity index (χ1v) is 35.2. The minimum absolute atomic E-state index is 0.0249. The Bertz CT molecular complexity index is 1600. The lowest BCUT2D eigenvalue weighted by molar-refractivity contribution is -0.870. The average molecular weight is 1140 g/mol. The highest BCUT2D eigenvalue weighted by molar-refractivity contribution is 7.45. The minimum Gasteiger partial charge on any atom is -0.756 e. The smallest absolute Gasteiger partial charge is 0.306 e. The zero-order valence-corrected chi connectivity index (χ0v) is 54.2. The summed E-state index contributed by atoms with van der Waals surface area (Å²) in [6.07, 6.45) is 77.3. The Labute approximate surface area is 495 Å². The van der Waals surface area contributed by atoms with Gasteiger partial charge in [0.05, 0.1) is 33.8 Å². The summed E-state index contributed by atoms with van der Waals surface area (Å²) in [6, 6.07) is -0.894. The second-order valence-corrected chi connectivity index (χ2v) is 25.4. The Kier molecular flexibility index (Phi) is 57.7. The van der Waals surface area contributed by atoms with Crippen molar-refractivity contribution < 1.29 is 37.3 Å². The molecule has 0 aromatic heterocycles. The molecule has 3 atom stereocenters. The number of rotatable bonds is 61. The van der Waals surface area contributed by atoms with E-state index in [9.17, 15) is 19.0 Å². The topological polar surface area (TPSA) is 114 Å². The van der Waals surface area contributed by atoms with Crippen LogP contribution < -0.4 is 10.2 Å². The third-order valence-corrected chi connectivity index (χ3v) is 15.8. The van der Waals surface area contributed by atoms with Crippen LogP contribution in [-0.4, -0.2) is 69.4 Å². The molecule has 80 heavy (non-hydrogen) atoms. The van der Waals surface area contributed by atoms with Crippen LogP contribution in [0.15, 0.2) is 72.9 Å². The monoisotopic (exact) mass is 1140 g/mol. The van der Waals surface area contributed by atoms with Gasteiger partial charge in [0.25, 0.3) is 7.82 Å². The number of amides is 1. The molecule has 0 spiro atoms. The molecule has 0 bridgehead atoms. The highest BCUT2D eigenvalue weighted by Crippen LogP contribution is 2.38. The zero-order chi connectivity index (χ0) is 58.6. The maximum atomic E-state index is 13.6. The second kappa shape index (κ2) is 59.6. The van der Waals surface area contributed by atoms with Crippen molar-refractivity contribution in [3.63, 3.8) is 0 Å². The molecule has 0 aromatic carbocycles. The first-order chi connectivity index (χ1) is 38.9. The van der Waals surface area contributed by atoms with Crippen molar-refractivity contribution in [2.24, 2.45) is 0 Å². The first kappa shape index (κ1) is 77.5. The Hall–Kier alpha value is -2.55. The van der Waals surface area contributed by atoms with Crippen LogP contribution in [-0.2, 0) is 27.9 Å². The molecule has 0 aromatic rings. The average Bonchev–Trinajstić information content (AvgIpc) is 3.42. The third-order valence-electron chi connectivity index (χ3n) is 14.9. The summed E-state index contributed by atoms with van der Waals surface area (Å²) in [5.41, 5.74) is 0. The Morgan fingerprint density at radius 1 is 0.450 bits per heavy atom. The van der Waals surface area contributed by atoms with E-state index in [1.165, 1.54) is 180 Å². The number of ether oxygens (including phenoxy) is 1. The van der Waals surface area contributed by atoms with E-state index >= 15 is 0 Å². The fraction of sp³-hybridized carbons (Fsp3) is 0.800. The summed E-state index contributed by atoms with van der Waals surface area (Å²) in [6.45, 7) is 6.73. The SMILES string of the molecule is CC/C=C/C/C=C/CCCCCCCCCC(=O)OC(/C=C\CCCCCCCCCCCCC)C(COP(=O)([O-])OCC[N+](C)(C)C)NC(=O)CCCCCCCCCCCCCCCC/C=C\C/C=C\C/C=C\CCCCC. The van der Waals surface area contributed by atoms with Gasteiger partial charge in [-0.25, -0.2) is 0 Å². The maximum absolute atomic E-state index is 13.6. The van der Waals surface area contributed by atoms with E-state index in [1.807, 2.05) is 33.3 Å². The third kappa shape index (κ3) is 60.1. The van der Waals surface area contributed by atoms with Crippen molar-refractivity contribution >= 4 is 19.7 Å². The van der Waals surface area contributed by atoms with Crippen LogP contribution in [0, 0.1) is 0 Å². The Balaban J connectivity index is 5.05. The van der Waals surface area contributed by atoms with Crippen molar-refractivity contribution in [2.75, 3.05) is 40.9 Å². The number of hydrogen-bond acceptors (Lipinski definition) is 7. The summed E-state index contributed by atoms with van der Waals surface area (Å²) in [4.78, 5) is 40.1. The van der Waals surface area contributed by atoms with E-state index in [1.54, 1.807) is 0 Å². The lowest BCUT2D eigenvalue weighted by atomic mass is 10.0. The Morgan fingerprint density at radius 2 is 0.800 bits per heavy atom. The van der Waals surface area contributed by atoms with Crippen LogP contribution in [0.2, 0.25) is 0 Å². The van der Waals surface area contributed by atoms with Crippen molar-refractivity contribution in [1.82, 2.24) is 5.32 Å². The van der Waals surface area contributed by atoms with Gasteiger partial charge in [0.15, 0.2) is 0 Å². The number of esters is 1. The van der Waals surface area contributed by atoms with Gasteiger partial charge in [-0.2, -0.15) is 0 Å². The zero-order valence-electron chi connectivity index (χ0n) is 53.3. The highest BCUT2D eigenvalue weighted by atomic mass is 31.2. The fourth-order valence-electron chi connectivity index (χ4n) is 9.69. The molecule has 0 rings (SSSR count). The lowest BCUT2D eigenvalue weighted by Crippen LogP contribution is -2.47. The number of carbonyl (C=O) groups is 2. The Morgan fingerprint density at radius 3 is 1.23 bits per heavy atom. The lowest BCUT2D eigenvalue weighted by Gasteiger charge is -2.30. The molecule has 0 aliphatic carbocycles. The first-order valence-electron chi connectivity index (χ1n) is 33.7. The number of carbonyl (C=O) groups excluding carboxylic acids is 2. The van der Waals surface area contributed by atoms with Gasteiger partial charge in [-0.1, -0.05) is 274 Å². The molecule has 0 saturated heterocycles. The van der Waals surface area contributed by atoms with E-state index in [2.05, 4.69) is 86.8 Å². The van der Waals surface area contributed by atoms with E-state index in [0.717, 1.165) is 96.3 Å². The van der Waals surface area contributed by atoms with Crippen LogP contribution in [0.3, 0.4) is 0 Å². The quantitative estimate of drug-likeness (QED) is 0.0212. The maximum Gasteiger partial charge on any atom is 0.306 e. The molecule has 1 amide bonds. The van der Waals surface area contributed by atoms with Gasteiger partial charge in [-0.3, -0.25) is 14.2 Å². The largest absolute Gasteiger partial charge is 0.756 e. The molecule has 466 valence electrons. The number of allylic oxidation sites excluding steroid dienone is 11. The number of nitrogens with one attached hydrogen (secondary N) is 1. The molecule has 0 fully saturated rings. The molecule has 0 saturated carbocycles. The molecule has 0 aliphatic heterocycles. The molecule has 10 heteroatoms. The number of quaternary nitrogens is 1. The molecule has 9 nitrogen and oxygen atoms in total. The molecule has 0 heterocycles. The van der Waals surface area contributed by atoms with Crippen molar-refractivity contribution in [2.45, 2.75) is 322 Å². The standard InChI is InChI=1S/C70H129N2O7P/c1-7-10-13-16-19-22-25-28-30-31-32-33-34-35-36-37-38-39-40-41-42-44-47-50-53-56-59-62-69(73)71-67(66-78-80(75,76)77-65-64-72(4,5)6)68(61-58-55-52-49-46-43-27-24-21-18-15-12-9-3)79-70(74)63-60-57-54-51-48-45-29-26-23-20-17-14-11-8-2/h11,14,19-20,22-23,28,30,32-33,58,61,67-68H,7-10,12-13,15-18,21,24-27,29,31,34-57,59-60,62-66H2,1-6H3,(H-,71,73,75,76)/b14-11+,22-19-,23-20+,30-28-,33-32-,61-58-. The normalized spacial score (nSPS) is 14.0. The van der Waals surface area contributed by atoms with Crippen molar-refractivity contribution in [3.05, 3.63) is 72.9 Å². The van der Waals surface area contributed by atoms with Gasteiger partial charge >= 0.3 is 5.97 Å². The van der Waals surface area contributed by atoms with Crippen LogP contribution in [0.25, 0.3) is 0 Å². The molecule has 3 unspecified atom stereocenters. The summed E-state index contributed by atoms with van der Waals surface area (Å²) in [7, 11) is 1.18. The number of hydrogen-bond donors (Lipinski definition) is 1. The van der Waals surface area contributed by atoms with Gasteiger partial charge in [-0.15, -0.1) is 0 Å². The molecule has 1 N–H and O–H groups in total. The number of phosphoric ester groups is 1. The summed E-state index contributed by atoms with van der Waals surface area (Å²) in [5.74, 6) is -0.544. The van der Waals surface area contributed by atoms with Crippen LogP contribution in [0.4, 0.5) is 0 Å². The number of unbranched alkanes of at least 4 members (excludes halogenated alkanes) is 35. The van der Waals surface area contributed by atoms with Gasteiger partial charge in [0, 0.05) is 12.8 Å². The van der Waals surface area contributed by atoms with Crippen molar-refractivity contribution in [1.29, 1.82) is 0 Å². The summed E-state index contributed by atoms with van der Waals surface area (Å²) < 4.78 is 30.4. The molecule has 0 radical (unpaired) electrons. The van der Waals surface area contributed by atoms with Crippen LogP contribution in [0.1, 0.15) is 310 Å². The predicted molar refractivity (Wildman–Crippen MR) is 344 cm³/mol. The minimum atomic E-state index is -4.70. The molecule has 0 aliphatic rings. The highest BCUT2D eigenvalue weighted by Gasteiger charge is 2.27. The molecular formula is C70H129N2O7P. The number of phosphoric acid groups is 1. The summed E-state index contributed by atoms with van der Waals surface area (Å²) in [5, 5.41) is 3.04. The van der Waals surface area contributed by atoms with Crippen LogP contribution in [0.5, 0.6) is 0 Å².